The summed E-state index contributed by atoms with van der Waals surface area (Å²) in [5.41, 5.74) is 4.62. The van der Waals surface area contributed by atoms with Gasteiger partial charge in [-0.3, -0.25) is 9.59 Å². The fourth-order valence-electron chi connectivity index (χ4n) is 5.15. The number of fused-ring (bicyclic) bond motifs is 3. The highest BCUT2D eigenvalue weighted by atomic mass is 16.5. The Bertz CT molecular complexity index is 1030. The van der Waals surface area contributed by atoms with Gasteiger partial charge in [-0.1, -0.05) is 55.0 Å². The maximum absolute atomic E-state index is 12.6. The van der Waals surface area contributed by atoms with Crippen LogP contribution in [0.3, 0.4) is 0 Å². The van der Waals surface area contributed by atoms with Gasteiger partial charge in [-0.05, 0) is 41.5 Å². The number of carbonyl (C=O) groups excluding carboxylic acids is 2. The molecule has 1 saturated carbocycles. The number of methoxy groups -OCH3 is 1. The molecule has 2 aliphatic rings. The number of carboxylic acids is 1. The molecule has 2 aromatic carbocycles. The maximum atomic E-state index is 12.6. The smallest absolute Gasteiger partial charge is 0.407 e. The third-order valence-electron chi connectivity index (χ3n) is 6.97. The summed E-state index contributed by atoms with van der Waals surface area (Å²) in [6, 6.07) is 16.1. The SMILES string of the molecule is COC(CCNC(=O)OCC1c2ccccc2-c2ccccc21)C(=O)N[C@@H]1CCC[C@H](C(=O)O)C1. The highest BCUT2D eigenvalue weighted by molar-refractivity contribution is 5.81. The first-order chi connectivity index (χ1) is 17.0. The molecule has 2 amide bonds. The highest BCUT2D eigenvalue weighted by Gasteiger charge is 2.30. The van der Waals surface area contributed by atoms with Crippen molar-refractivity contribution in [1.29, 1.82) is 0 Å². The molecule has 3 N–H and O–H groups in total. The first-order valence-corrected chi connectivity index (χ1v) is 12.1. The average Bonchev–Trinajstić information content (AvgIpc) is 3.19. The first-order valence-electron chi connectivity index (χ1n) is 12.1. The number of ether oxygens (including phenoxy) is 2. The van der Waals surface area contributed by atoms with Gasteiger partial charge in [0.15, 0.2) is 0 Å². The van der Waals surface area contributed by atoms with Gasteiger partial charge in [-0.25, -0.2) is 4.79 Å². The van der Waals surface area contributed by atoms with Gasteiger partial charge in [0.05, 0.1) is 5.92 Å². The lowest BCUT2D eigenvalue weighted by atomic mass is 9.85. The van der Waals surface area contributed by atoms with Crippen molar-refractivity contribution in [3.8, 4) is 11.1 Å². The molecule has 3 atom stereocenters. The number of amides is 2. The number of rotatable bonds is 9. The zero-order chi connectivity index (χ0) is 24.8. The van der Waals surface area contributed by atoms with Crippen LogP contribution in [0.4, 0.5) is 4.79 Å². The molecule has 0 spiro atoms. The standard InChI is InChI=1S/C27H32N2O6/c1-34-24(25(30)29-18-8-6-7-17(15-18)26(31)32)13-14-28-27(33)35-16-23-21-11-4-2-9-19(21)20-10-3-5-12-22(20)23/h2-5,9-12,17-18,23-24H,6-8,13-16H2,1H3,(H,28,33)(H,29,30)(H,31,32)/t17-,18+,24?/m0/s1. The van der Waals surface area contributed by atoms with E-state index in [4.69, 9.17) is 9.47 Å². The molecule has 2 aliphatic carbocycles. The van der Waals surface area contributed by atoms with Crippen LogP contribution in [-0.2, 0) is 19.1 Å². The molecule has 4 rings (SSSR count). The number of benzene rings is 2. The van der Waals surface area contributed by atoms with Crippen LogP contribution >= 0.6 is 0 Å². The van der Waals surface area contributed by atoms with Crippen LogP contribution in [0.15, 0.2) is 48.5 Å². The van der Waals surface area contributed by atoms with Crippen LogP contribution in [0.1, 0.15) is 49.1 Å². The Morgan fingerprint density at radius 1 is 1.03 bits per heavy atom. The third-order valence-corrected chi connectivity index (χ3v) is 6.97. The van der Waals surface area contributed by atoms with Crippen molar-refractivity contribution in [2.24, 2.45) is 5.92 Å². The zero-order valence-electron chi connectivity index (χ0n) is 19.9. The normalized spacial score (nSPS) is 19.8. The Hall–Kier alpha value is -3.39. The Kier molecular flexibility index (Phi) is 8.02. The fraction of sp³-hybridized carbons (Fsp3) is 0.444. The molecule has 1 fully saturated rings. The number of hydrogen-bond acceptors (Lipinski definition) is 5. The molecule has 35 heavy (non-hydrogen) atoms. The lowest BCUT2D eigenvalue weighted by molar-refractivity contribution is -0.143. The van der Waals surface area contributed by atoms with E-state index in [1.54, 1.807) is 0 Å². The molecule has 0 aromatic heterocycles. The van der Waals surface area contributed by atoms with Crippen LogP contribution in [-0.4, -0.2) is 55.5 Å². The van der Waals surface area contributed by atoms with E-state index in [1.807, 2.05) is 24.3 Å². The maximum Gasteiger partial charge on any atom is 0.407 e. The number of carbonyl (C=O) groups is 3. The quantitative estimate of drug-likeness (QED) is 0.504. The second-order valence-corrected chi connectivity index (χ2v) is 9.17. The van der Waals surface area contributed by atoms with Gasteiger partial charge < -0.3 is 25.2 Å². The summed E-state index contributed by atoms with van der Waals surface area (Å²) in [4.78, 5) is 36.2. The van der Waals surface area contributed by atoms with Gasteiger partial charge in [-0.15, -0.1) is 0 Å². The number of carboxylic acid groups (broad SMARTS) is 1. The lowest BCUT2D eigenvalue weighted by Crippen LogP contribution is -2.45. The van der Waals surface area contributed by atoms with E-state index >= 15 is 0 Å². The molecule has 8 nitrogen and oxygen atoms in total. The van der Waals surface area contributed by atoms with E-state index < -0.39 is 24.1 Å². The second kappa shape index (κ2) is 11.4. The summed E-state index contributed by atoms with van der Waals surface area (Å²) in [6.45, 7) is 0.436. The number of nitrogens with one attached hydrogen (secondary N) is 2. The summed E-state index contributed by atoms with van der Waals surface area (Å²) in [5, 5.41) is 14.8. The van der Waals surface area contributed by atoms with Crippen molar-refractivity contribution in [2.45, 2.75) is 50.2 Å². The Balaban J connectivity index is 1.23. The van der Waals surface area contributed by atoms with Crippen molar-refractivity contribution in [3.63, 3.8) is 0 Å². The Morgan fingerprint density at radius 3 is 2.31 bits per heavy atom. The predicted molar refractivity (Wildman–Crippen MR) is 130 cm³/mol. The largest absolute Gasteiger partial charge is 0.481 e. The van der Waals surface area contributed by atoms with Gasteiger partial charge >= 0.3 is 12.1 Å². The summed E-state index contributed by atoms with van der Waals surface area (Å²) >= 11 is 0. The molecule has 0 radical (unpaired) electrons. The summed E-state index contributed by atoms with van der Waals surface area (Å²) in [7, 11) is 1.44. The minimum atomic E-state index is -0.820. The average molecular weight is 481 g/mol. The lowest BCUT2D eigenvalue weighted by Gasteiger charge is -2.28. The summed E-state index contributed by atoms with van der Waals surface area (Å²) in [6.07, 6.45) is 1.58. The molecular weight excluding hydrogens is 448 g/mol. The minimum Gasteiger partial charge on any atom is -0.481 e. The van der Waals surface area contributed by atoms with Crippen molar-refractivity contribution in [2.75, 3.05) is 20.3 Å². The van der Waals surface area contributed by atoms with Crippen molar-refractivity contribution in [3.05, 3.63) is 59.7 Å². The number of aliphatic carboxylic acids is 1. The highest BCUT2D eigenvalue weighted by Crippen LogP contribution is 2.44. The van der Waals surface area contributed by atoms with E-state index in [9.17, 15) is 19.5 Å². The van der Waals surface area contributed by atoms with E-state index in [1.165, 1.54) is 18.2 Å². The molecule has 0 heterocycles. The number of hydrogen-bond donors (Lipinski definition) is 3. The molecular formula is C27H32N2O6. The predicted octanol–water partition coefficient (Wildman–Crippen LogP) is 3.69. The summed E-state index contributed by atoms with van der Waals surface area (Å²) < 4.78 is 10.8. The minimum absolute atomic E-state index is 0.0178. The van der Waals surface area contributed by atoms with Gasteiger partial charge in [-0.2, -0.15) is 0 Å². The van der Waals surface area contributed by atoms with Crippen LogP contribution in [0.2, 0.25) is 0 Å². The first kappa shape index (κ1) is 24.7. The molecule has 1 unspecified atom stereocenters. The van der Waals surface area contributed by atoms with E-state index in [0.29, 0.717) is 12.8 Å². The molecule has 0 bridgehead atoms. The third kappa shape index (κ3) is 5.82. The fourth-order valence-corrected chi connectivity index (χ4v) is 5.15. The zero-order valence-corrected chi connectivity index (χ0v) is 19.9. The molecule has 8 heteroatoms. The van der Waals surface area contributed by atoms with Gasteiger partial charge in [0.2, 0.25) is 5.91 Å². The van der Waals surface area contributed by atoms with Crippen molar-refractivity contribution >= 4 is 18.0 Å². The van der Waals surface area contributed by atoms with Crippen LogP contribution in [0.5, 0.6) is 0 Å². The van der Waals surface area contributed by atoms with Crippen LogP contribution in [0.25, 0.3) is 11.1 Å². The van der Waals surface area contributed by atoms with Gasteiger partial charge in [0.25, 0.3) is 0 Å². The van der Waals surface area contributed by atoms with E-state index in [-0.39, 0.29) is 37.4 Å². The van der Waals surface area contributed by atoms with Gasteiger partial charge in [0.1, 0.15) is 12.7 Å². The van der Waals surface area contributed by atoms with E-state index in [2.05, 4.69) is 34.9 Å². The van der Waals surface area contributed by atoms with Crippen molar-refractivity contribution < 1.29 is 29.0 Å². The molecule has 2 aromatic rings. The monoisotopic (exact) mass is 480 g/mol. The van der Waals surface area contributed by atoms with Gasteiger partial charge in [0, 0.05) is 32.0 Å². The second-order valence-electron chi connectivity index (χ2n) is 9.17. The molecule has 186 valence electrons. The molecule has 0 saturated heterocycles. The Morgan fingerprint density at radius 2 is 1.69 bits per heavy atom. The molecule has 0 aliphatic heterocycles. The van der Waals surface area contributed by atoms with E-state index in [0.717, 1.165) is 24.0 Å². The Labute approximate surface area is 205 Å². The summed E-state index contributed by atoms with van der Waals surface area (Å²) in [5.74, 6) is -1.56. The van der Waals surface area contributed by atoms with Crippen LogP contribution < -0.4 is 10.6 Å². The van der Waals surface area contributed by atoms with Crippen LogP contribution in [0, 0.1) is 5.92 Å². The topological polar surface area (TPSA) is 114 Å². The van der Waals surface area contributed by atoms with Crippen molar-refractivity contribution in [1.82, 2.24) is 10.6 Å². The number of alkyl carbamates (subject to hydrolysis) is 1.